The summed E-state index contributed by atoms with van der Waals surface area (Å²) in [6.07, 6.45) is 2.43. The minimum Gasteiger partial charge on any atom is -0.354 e. The van der Waals surface area contributed by atoms with Gasteiger partial charge >= 0.3 is 0 Å². The molecule has 2 rings (SSSR count). The third-order valence-electron chi connectivity index (χ3n) is 2.52. The molecule has 1 aromatic rings. The van der Waals surface area contributed by atoms with Crippen LogP contribution in [0.25, 0.3) is 0 Å². The summed E-state index contributed by atoms with van der Waals surface area (Å²) in [6, 6.07) is 0.581. The zero-order chi connectivity index (χ0) is 11.5. The van der Waals surface area contributed by atoms with E-state index >= 15 is 0 Å². The van der Waals surface area contributed by atoms with E-state index in [9.17, 15) is 0 Å². The van der Waals surface area contributed by atoms with E-state index in [1.54, 1.807) is 0 Å². The molecule has 16 heavy (non-hydrogen) atoms. The van der Waals surface area contributed by atoms with Gasteiger partial charge in [0.05, 0.1) is 0 Å². The number of aromatic nitrogens is 3. The maximum atomic E-state index is 5.88. The molecule has 0 aliphatic heterocycles. The number of nitrogens with one attached hydrogen (secondary N) is 1. The number of anilines is 2. The van der Waals surface area contributed by atoms with Crippen molar-refractivity contribution in [3.8, 4) is 0 Å². The molecule has 0 aromatic carbocycles. The Hall–Kier alpha value is -1.10. The molecule has 0 spiro atoms. The third kappa shape index (κ3) is 2.52. The van der Waals surface area contributed by atoms with Crippen molar-refractivity contribution in [2.75, 3.05) is 23.3 Å². The number of nitrogens with zero attached hydrogens (tertiary/aromatic N) is 4. The molecule has 0 atom stereocenters. The Morgan fingerprint density at radius 1 is 1.31 bits per heavy atom. The van der Waals surface area contributed by atoms with Crippen molar-refractivity contribution in [2.45, 2.75) is 32.7 Å². The maximum Gasteiger partial charge on any atom is 0.231 e. The van der Waals surface area contributed by atoms with Crippen LogP contribution in [0.15, 0.2) is 0 Å². The zero-order valence-electron chi connectivity index (χ0n) is 9.57. The molecule has 0 radical (unpaired) electrons. The van der Waals surface area contributed by atoms with E-state index in [0.29, 0.717) is 17.9 Å². The van der Waals surface area contributed by atoms with Crippen LogP contribution >= 0.6 is 11.6 Å². The van der Waals surface area contributed by atoms with Gasteiger partial charge in [-0.1, -0.05) is 0 Å². The molecule has 0 unspecified atom stereocenters. The minimum absolute atomic E-state index is 0.250. The first-order valence-electron chi connectivity index (χ1n) is 5.66. The van der Waals surface area contributed by atoms with Crippen LogP contribution in [-0.2, 0) is 0 Å². The van der Waals surface area contributed by atoms with Crippen LogP contribution in [0, 0.1) is 0 Å². The summed E-state index contributed by atoms with van der Waals surface area (Å²) < 4.78 is 0. The molecule has 1 fully saturated rings. The predicted octanol–water partition coefficient (Wildman–Crippen LogP) is 1.95. The summed E-state index contributed by atoms with van der Waals surface area (Å²) >= 11 is 5.88. The van der Waals surface area contributed by atoms with Crippen LogP contribution < -0.4 is 10.2 Å². The van der Waals surface area contributed by atoms with Crippen molar-refractivity contribution in [1.82, 2.24) is 15.0 Å². The standard InChI is InChI=1S/C10H16ClN5/c1-3-12-9-13-8(11)14-10(15-9)16(4-2)7-5-6-7/h7H,3-6H2,1-2H3,(H,12,13,14,15). The highest BCUT2D eigenvalue weighted by Crippen LogP contribution is 2.29. The van der Waals surface area contributed by atoms with E-state index < -0.39 is 0 Å². The highest BCUT2D eigenvalue weighted by atomic mass is 35.5. The Kier molecular flexibility index (Phi) is 3.43. The van der Waals surface area contributed by atoms with Gasteiger partial charge in [-0.25, -0.2) is 0 Å². The summed E-state index contributed by atoms with van der Waals surface area (Å²) in [4.78, 5) is 14.7. The van der Waals surface area contributed by atoms with Crippen molar-refractivity contribution in [3.05, 3.63) is 5.28 Å². The molecule has 88 valence electrons. The fraction of sp³-hybridized carbons (Fsp3) is 0.700. The second-order valence-corrected chi connectivity index (χ2v) is 4.11. The number of hydrogen-bond donors (Lipinski definition) is 1. The van der Waals surface area contributed by atoms with Crippen LogP contribution in [0.1, 0.15) is 26.7 Å². The van der Waals surface area contributed by atoms with Crippen LogP contribution in [0.3, 0.4) is 0 Å². The van der Waals surface area contributed by atoms with Gasteiger partial charge in [0.15, 0.2) is 0 Å². The van der Waals surface area contributed by atoms with E-state index in [4.69, 9.17) is 11.6 Å². The zero-order valence-corrected chi connectivity index (χ0v) is 10.3. The number of rotatable bonds is 5. The lowest BCUT2D eigenvalue weighted by atomic mass is 10.5. The van der Waals surface area contributed by atoms with Gasteiger partial charge in [-0.2, -0.15) is 15.0 Å². The number of halogens is 1. The highest BCUT2D eigenvalue weighted by molar-refractivity contribution is 6.28. The fourth-order valence-corrected chi connectivity index (χ4v) is 1.81. The Labute approximate surface area is 100 Å². The van der Waals surface area contributed by atoms with E-state index in [0.717, 1.165) is 13.1 Å². The summed E-state index contributed by atoms with van der Waals surface area (Å²) in [5.41, 5.74) is 0. The lowest BCUT2D eigenvalue weighted by molar-refractivity contribution is 0.780. The fourth-order valence-electron chi connectivity index (χ4n) is 1.65. The minimum atomic E-state index is 0.250. The second-order valence-electron chi connectivity index (χ2n) is 3.78. The first-order chi connectivity index (χ1) is 7.74. The summed E-state index contributed by atoms with van der Waals surface area (Å²) in [5, 5.41) is 3.30. The lowest BCUT2D eigenvalue weighted by Crippen LogP contribution is -2.27. The van der Waals surface area contributed by atoms with Crippen LogP contribution in [0.2, 0.25) is 5.28 Å². The lowest BCUT2D eigenvalue weighted by Gasteiger charge is -2.20. The smallest absolute Gasteiger partial charge is 0.231 e. The van der Waals surface area contributed by atoms with Crippen LogP contribution in [0.4, 0.5) is 11.9 Å². The van der Waals surface area contributed by atoms with Crippen LogP contribution in [-0.4, -0.2) is 34.1 Å². The summed E-state index contributed by atoms with van der Waals surface area (Å²) in [5.74, 6) is 1.23. The summed E-state index contributed by atoms with van der Waals surface area (Å²) in [6.45, 7) is 5.77. The van der Waals surface area contributed by atoms with E-state index in [1.807, 2.05) is 6.92 Å². The molecule has 1 heterocycles. The molecule has 0 saturated heterocycles. The second kappa shape index (κ2) is 4.82. The first kappa shape index (κ1) is 11.4. The number of hydrogen-bond acceptors (Lipinski definition) is 5. The molecule has 5 nitrogen and oxygen atoms in total. The van der Waals surface area contributed by atoms with Gasteiger partial charge in [0.25, 0.3) is 0 Å². The molecular formula is C10H16ClN5. The van der Waals surface area contributed by atoms with E-state index in [2.05, 4.69) is 32.1 Å². The summed E-state index contributed by atoms with van der Waals surface area (Å²) in [7, 11) is 0. The van der Waals surface area contributed by atoms with Gasteiger partial charge in [0.2, 0.25) is 17.2 Å². The molecular weight excluding hydrogens is 226 g/mol. The van der Waals surface area contributed by atoms with Gasteiger partial charge < -0.3 is 10.2 Å². The quantitative estimate of drug-likeness (QED) is 0.854. The van der Waals surface area contributed by atoms with Gasteiger partial charge in [0, 0.05) is 19.1 Å². The van der Waals surface area contributed by atoms with Gasteiger partial charge in [-0.3, -0.25) is 0 Å². The van der Waals surface area contributed by atoms with E-state index in [-0.39, 0.29) is 5.28 Å². The average molecular weight is 242 g/mol. The monoisotopic (exact) mass is 241 g/mol. The Balaban J connectivity index is 2.24. The molecule has 0 amide bonds. The molecule has 1 saturated carbocycles. The van der Waals surface area contributed by atoms with E-state index in [1.165, 1.54) is 12.8 Å². The molecule has 1 aliphatic carbocycles. The molecule has 1 aromatic heterocycles. The topological polar surface area (TPSA) is 53.9 Å². The van der Waals surface area contributed by atoms with Gasteiger partial charge in [-0.15, -0.1) is 0 Å². The normalized spacial score (nSPS) is 14.9. The molecule has 0 bridgehead atoms. The Morgan fingerprint density at radius 2 is 2.06 bits per heavy atom. The molecule has 1 N–H and O–H groups in total. The average Bonchev–Trinajstić information content (AvgIpc) is 3.03. The third-order valence-corrected chi connectivity index (χ3v) is 2.69. The Bertz CT molecular complexity index is 366. The SMILES string of the molecule is CCNc1nc(Cl)nc(N(CC)C2CC2)n1. The Morgan fingerprint density at radius 3 is 2.62 bits per heavy atom. The van der Waals surface area contributed by atoms with Crippen molar-refractivity contribution in [1.29, 1.82) is 0 Å². The van der Waals surface area contributed by atoms with Crippen LogP contribution in [0.5, 0.6) is 0 Å². The molecule has 1 aliphatic rings. The van der Waals surface area contributed by atoms with Crippen molar-refractivity contribution >= 4 is 23.5 Å². The van der Waals surface area contributed by atoms with Gasteiger partial charge in [-0.05, 0) is 38.3 Å². The maximum absolute atomic E-state index is 5.88. The molecule has 6 heteroatoms. The first-order valence-corrected chi connectivity index (χ1v) is 6.04. The predicted molar refractivity (Wildman–Crippen MR) is 65.0 cm³/mol. The highest BCUT2D eigenvalue weighted by Gasteiger charge is 2.30. The van der Waals surface area contributed by atoms with Crippen molar-refractivity contribution in [2.24, 2.45) is 0 Å². The van der Waals surface area contributed by atoms with Gasteiger partial charge in [0.1, 0.15) is 0 Å². The largest absolute Gasteiger partial charge is 0.354 e. The van der Waals surface area contributed by atoms with Crippen molar-refractivity contribution < 1.29 is 0 Å². The van der Waals surface area contributed by atoms with Crippen molar-refractivity contribution in [3.63, 3.8) is 0 Å².